The first kappa shape index (κ1) is 12.8. The average molecular weight is 152 g/mol. The lowest BCUT2D eigenvalue weighted by Gasteiger charge is -1.82. The lowest BCUT2D eigenvalue weighted by atomic mass is 10.2. The second-order valence-electron chi connectivity index (χ2n) is 2.36. The predicted octanol–water partition coefficient (Wildman–Crippen LogP) is 3.29. The number of benzene rings is 1. The first-order chi connectivity index (χ1) is 4.81. The minimum absolute atomic E-state index is 0. The Balaban J connectivity index is 0. The van der Waals surface area contributed by atoms with Crippen LogP contribution in [0.5, 0.6) is 0 Å². The molecule has 1 nitrogen and oxygen atoms in total. The fourth-order valence-electron chi connectivity index (χ4n) is 0.534. The van der Waals surface area contributed by atoms with E-state index < -0.39 is 0 Å². The Morgan fingerprint density at radius 2 is 1.36 bits per heavy atom. The van der Waals surface area contributed by atoms with E-state index in [-0.39, 0.29) is 5.48 Å². The molecule has 1 heteroatoms. The van der Waals surface area contributed by atoms with E-state index in [0.29, 0.717) is 0 Å². The van der Waals surface area contributed by atoms with Crippen molar-refractivity contribution in [3.8, 4) is 0 Å². The van der Waals surface area contributed by atoms with Gasteiger partial charge in [-0.25, -0.2) is 0 Å². The third-order valence-corrected chi connectivity index (χ3v) is 0.940. The van der Waals surface area contributed by atoms with Crippen LogP contribution in [0.1, 0.15) is 25.8 Å². The van der Waals surface area contributed by atoms with Gasteiger partial charge < -0.3 is 0 Å². The lowest BCUT2D eigenvalue weighted by Crippen LogP contribution is -1.62. The number of rotatable bonds is 0. The van der Waals surface area contributed by atoms with Gasteiger partial charge in [-0.1, -0.05) is 56.2 Å². The van der Waals surface area contributed by atoms with Gasteiger partial charge in [0.15, 0.2) is 0 Å². The largest absolute Gasteiger partial charge is 0.0656 e. The van der Waals surface area contributed by atoms with Crippen molar-refractivity contribution in [2.75, 3.05) is 0 Å². The summed E-state index contributed by atoms with van der Waals surface area (Å²) in [4.78, 5) is 0. The molecule has 1 aromatic rings. The molecule has 0 bridgehead atoms. The molecule has 1 aromatic carbocycles. The smallest absolute Gasteiger partial charge is 0 e. The van der Waals surface area contributed by atoms with Crippen LogP contribution >= 0.6 is 0 Å². The molecule has 2 radical (unpaired) electrons. The van der Waals surface area contributed by atoms with Gasteiger partial charge >= 0.3 is 0 Å². The van der Waals surface area contributed by atoms with Gasteiger partial charge in [0.1, 0.15) is 0 Å². The number of aryl methyl sites for hydroxylation is 1. The van der Waals surface area contributed by atoms with Crippen LogP contribution in [0.25, 0.3) is 0 Å². The highest BCUT2D eigenvalue weighted by atomic mass is 16.0. The van der Waals surface area contributed by atoms with Crippen LogP contribution in [0.4, 0.5) is 0 Å². The average Bonchev–Trinajstić information content (AvgIpc) is 1.91. The third kappa shape index (κ3) is 9.18. The van der Waals surface area contributed by atoms with E-state index in [1.807, 2.05) is 18.2 Å². The monoisotopic (exact) mass is 152 g/mol. The van der Waals surface area contributed by atoms with Crippen molar-refractivity contribution >= 4 is 0 Å². The van der Waals surface area contributed by atoms with Crippen LogP contribution in [-0.4, -0.2) is 0 Å². The summed E-state index contributed by atoms with van der Waals surface area (Å²) < 4.78 is 0. The number of hydrogen-bond acceptors (Lipinski definition) is 0. The molecular formula is C10H16O. The molecule has 0 aliphatic carbocycles. The molecule has 0 aliphatic rings. The van der Waals surface area contributed by atoms with Crippen LogP contribution in [0.15, 0.2) is 30.3 Å². The minimum atomic E-state index is 0. The number of hydrogen-bond donors (Lipinski definition) is 0. The Kier molecular flexibility index (Phi) is 10.7. The van der Waals surface area contributed by atoms with E-state index in [0.717, 1.165) is 0 Å². The van der Waals surface area contributed by atoms with Gasteiger partial charge in [-0.2, -0.15) is 0 Å². The second-order valence-corrected chi connectivity index (χ2v) is 2.36. The highest BCUT2D eigenvalue weighted by Crippen LogP contribution is 1.92. The van der Waals surface area contributed by atoms with Crippen LogP contribution in [0, 0.1) is 6.92 Å². The van der Waals surface area contributed by atoms with Crippen molar-refractivity contribution in [3.05, 3.63) is 35.9 Å². The SMILES string of the molecule is CCC.Cc1ccccc1.[O]. The summed E-state index contributed by atoms with van der Waals surface area (Å²) in [7, 11) is 0. The summed E-state index contributed by atoms with van der Waals surface area (Å²) in [5, 5.41) is 0. The summed E-state index contributed by atoms with van der Waals surface area (Å²) in [5.41, 5.74) is 1.32. The van der Waals surface area contributed by atoms with Crippen molar-refractivity contribution < 1.29 is 5.48 Å². The molecule has 0 unspecified atom stereocenters. The molecule has 0 saturated heterocycles. The Morgan fingerprint density at radius 1 is 1.00 bits per heavy atom. The fraction of sp³-hybridized carbons (Fsp3) is 0.400. The first-order valence-corrected chi connectivity index (χ1v) is 3.82. The van der Waals surface area contributed by atoms with E-state index in [9.17, 15) is 0 Å². The van der Waals surface area contributed by atoms with Crippen molar-refractivity contribution in [3.63, 3.8) is 0 Å². The predicted molar refractivity (Wildman–Crippen MR) is 47.8 cm³/mol. The molecule has 0 atom stereocenters. The fourth-order valence-corrected chi connectivity index (χ4v) is 0.534. The molecule has 1 rings (SSSR count). The Bertz CT molecular complexity index is 146. The highest BCUT2D eigenvalue weighted by molar-refractivity contribution is 5.11. The standard InChI is InChI=1S/C7H8.C3H8.O/c1-7-5-3-2-4-6-7;1-3-2;/h2-6H,1H3;3H2,1-2H3;. The van der Waals surface area contributed by atoms with Crippen molar-refractivity contribution in [1.82, 2.24) is 0 Å². The molecule has 0 heterocycles. The van der Waals surface area contributed by atoms with Crippen LogP contribution in [-0.2, 0) is 5.48 Å². The summed E-state index contributed by atoms with van der Waals surface area (Å²) in [6.45, 7) is 6.33. The summed E-state index contributed by atoms with van der Waals surface area (Å²) in [6.07, 6.45) is 1.25. The van der Waals surface area contributed by atoms with Crippen molar-refractivity contribution in [1.29, 1.82) is 0 Å². The first-order valence-electron chi connectivity index (χ1n) is 3.82. The van der Waals surface area contributed by atoms with Crippen molar-refractivity contribution in [2.45, 2.75) is 27.2 Å². The van der Waals surface area contributed by atoms with Crippen LogP contribution in [0.2, 0.25) is 0 Å². The summed E-state index contributed by atoms with van der Waals surface area (Å²) >= 11 is 0. The minimum Gasteiger partial charge on any atom is -0.0656 e. The third-order valence-electron chi connectivity index (χ3n) is 0.940. The van der Waals surface area contributed by atoms with E-state index in [1.165, 1.54) is 12.0 Å². The van der Waals surface area contributed by atoms with E-state index in [4.69, 9.17) is 0 Å². The van der Waals surface area contributed by atoms with Crippen LogP contribution in [0.3, 0.4) is 0 Å². The van der Waals surface area contributed by atoms with Crippen LogP contribution < -0.4 is 0 Å². The van der Waals surface area contributed by atoms with Gasteiger partial charge in [0.2, 0.25) is 0 Å². The van der Waals surface area contributed by atoms with E-state index >= 15 is 0 Å². The molecule has 0 saturated carbocycles. The normalized spacial score (nSPS) is 7.18. The maximum absolute atomic E-state index is 2.12. The molecule has 0 aliphatic heterocycles. The topological polar surface area (TPSA) is 28.5 Å². The maximum atomic E-state index is 2.12. The zero-order valence-electron chi connectivity index (χ0n) is 7.50. The summed E-state index contributed by atoms with van der Waals surface area (Å²) in [5.74, 6) is 0. The maximum Gasteiger partial charge on any atom is 0 e. The molecule has 0 fully saturated rings. The molecule has 0 spiro atoms. The zero-order valence-corrected chi connectivity index (χ0v) is 7.50. The van der Waals surface area contributed by atoms with E-state index in [2.05, 4.69) is 32.9 Å². The molecule has 0 aromatic heterocycles. The van der Waals surface area contributed by atoms with Gasteiger partial charge in [0.25, 0.3) is 0 Å². The molecule has 11 heavy (non-hydrogen) atoms. The van der Waals surface area contributed by atoms with Gasteiger partial charge in [-0.05, 0) is 6.92 Å². The zero-order chi connectivity index (χ0) is 7.82. The summed E-state index contributed by atoms with van der Waals surface area (Å²) in [6, 6.07) is 10.3. The Morgan fingerprint density at radius 3 is 1.55 bits per heavy atom. The molecule has 0 N–H and O–H groups in total. The Labute approximate surface area is 69.4 Å². The highest BCUT2D eigenvalue weighted by Gasteiger charge is 1.72. The molecule has 62 valence electrons. The Hall–Kier alpha value is -0.820. The molecule has 0 amide bonds. The van der Waals surface area contributed by atoms with Gasteiger partial charge in [-0.15, -0.1) is 0 Å². The second kappa shape index (κ2) is 9.18. The van der Waals surface area contributed by atoms with Crippen molar-refractivity contribution in [2.24, 2.45) is 0 Å². The van der Waals surface area contributed by atoms with Gasteiger partial charge in [-0.3, -0.25) is 0 Å². The molecular weight excluding hydrogens is 136 g/mol. The van der Waals surface area contributed by atoms with Gasteiger partial charge in [0, 0.05) is 5.48 Å². The lowest BCUT2D eigenvalue weighted by molar-refractivity contribution is 0.686. The van der Waals surface area contributed by atoms with Gasteiger partial charge in [0.05, 0.1) is 0 Å². The quantitative estimate of drug-likeness (QED) is 0.545. The van der Waals surface area contributed by atoms with E-state index in [1.54, 1.807) is 0 Å².